The predicted octanol–water partition coefficient (Wildman–Crippen LogP) is -10.7. The first-order chi connectivity index (χ1) is 54.3. The van der Waals surface area contributed by atoms with Gasteiger partial charge in [-0.25, -0.2) is 4.79 Å². The molecule has 1 aromatic carbocycles. The van der Waals surface area contributed by atoms with Crippen LogP contribution in [0.25, 0.3) is 0 Å². The van der Waals surface area contributed by atoms with Gasteiger partial charge in [0, 0.05) is 57.7 Å². The van der Waals surface area contributed by atoms with Crippen molar-refractivity contribution in [2.24, 2.45) is 0 Å². The van der Waals surface area contributed by atoms with E-state index < -0.39 is 186 Å². The molecule has 15 atom stereocenters. The number of rotatable bonds is 71. The van der Waals surface area contributed by atoms with Gasteiger partial charge in [0.05, 0.1) is 215 Å². The SMILES string of the molecule is O=C(CCCCCN1C(=O)C=CC1=O)NCC(=O)NCC(=O)NC(CNC(=O)CCOCCOCCOCCOCCOCCOCCOCCOCCOCCOCCOCCOCCN(C[C@H](O)[C@@H](O)[C@H](O)[C@H](O)CO)C[C@H](O)[C@@H](O)[C@H](O)[C@H](O)CO)C(O)Nc1cc(CO)ccc1O[C@@H]1O[C@H](C(=O)O)[C@@H](O)[C@H](O)[C@H]1O. The van der Waals surface area contributed by atoms with Crippen LogP contribution in [0.1, 0.15) is 37.7 Å². The normalized spacial score (nSPS) is 19.1. The number of carboxylic acid groups (broad SMARTS) is 1. The number of carboxylic acids is 1. The summed E-state index contributed by atoms with van der Waals surface area (Å²) in [6.07, 6.45) is -22.7. The highest BCUT2D eigenvalue weighted by Gasteiger charge is 2.48. The summed E-state index contributed by atoms with van der Waals surface area (Å²) in [6, 6.07) is 2.50. The van der Waals surface area contributed by atoms with Crippen molar-refractivity contribution in [2.75, 3.05) is 223 Å². The number of hydrogen-bond donors (Lipinski definition) is 21. The molecule has 1 fully saturated rings. The molecule has 2 aliphatic rings. The lowest BCUT2D eigenvalue weighted by Gasteiger charge is -2.38. The molecule has 1 saturated heterocycles. The lowest BCUT2D eigenvalue weighted by atomic mass is 9.99. The standard InChI is InChI=1S/C69H119N7O37/c77-42-45-5-6-52(112-69-65(96)63(94)64(95)66(113-69)68(98)99)46(36-45)74-67(97)47(73-56(87)39-72-55(86)38-71-53(84)4-2-1-3-10-76-57(88)7-8-58(76)89)37-70-54(85)9-12-100-14-16-102-18-20-104-22-24-106-26-28-108-30-32-110-34-35-111-33-31-109-29-27-107-25-23-105-21-19-103-17-15-101-13-11-75(40-48(80)59(90)61(92)50(82)43-78)41-49(81)60(91)62(93)51(83)44-79/h5-8,36,47-51,59-67,69,74,77-83,90-97H,1-4,9-35,37-44H2,(H,70,85)(H,71,84)(H,72,86)(H,73,87)(H,98,99)/t47?,48-,49-,50+,51+,59+,60+,61+,62+,63-,64-,65+,66-,67?,69+/m0/s1. The summed E-state index contributed by atoms with van der Waals surface area (Å²) in [5.74, 6) is -5.40. The molecule has 652 valence electrons. The highest BCUT2D eigenvalue weighted by molar-refractivity contribution is 6.12. The van der Waals surface area contributed by atoms with Gasteiger partial charge in [0.2, 0.25) is 29.9 Å². The third-order valence-corrected chi connectivity index (χ3v) is 16.6. The number of unbranched alkanes of at least 4 members (excludes halogenated alkanes) is 2. The molecule has 3 rings (SSSR count). The molecule has 44 nitrogen and oxygen atoms in total. The number of imide groups is 1. The highest BCUT2D eigenvalue weighted by atomic mass is 16.7. The lowest BCUT2D eigenvalue weighted by Crippen LogP contribution is -2.61. The van der Waals surface area contributed by atoms with Gasteiger partial charge >= 0.3 is 5.97 Å². The van der Waals surface area contributed by atoms with E-state index in [1.807, 2.05) is 0 Å². The predicted molar refractivity (Wildman–Crippen MR) is 385 cm³/mol. The van der Waals surface area contributed by atoms with Crippen molar-refractivity contribution in [1.29, 1.82) is 0 Å². The summed E-state index contributed by atoms with van der Waals surface area (Å²) in [5, 5.41) is 173. The Labute approximate surface area is 652 Å². The Hall–Kier alpha value is -6.11. The number of carbonyl (C=O) groups is 7. The van der Waals surface area contributed by atoms with E-state index in [1.54, 1.807) is 0 Å². The number of hydrogen-bond acceptors (Lipinski definition) is 38. The molecule has 2 heterocycles. The van der Waals surface area contributed by atoms with Crippen molar-refractivity contribution in [3.8, 4) is 5.75 Å². The number of nitrogens with zero attached hydrogens (tertiary/aromatic N) is 2. The molecule has 0 saturated carbocycles. The number of aliphatic carboxylic acids is 1. The summed E-state index contributed by atoms with van der Waals surface area (Å²) in [7, 11) is 0. The quantitative estimate of drug-likeness (QED) is 0.0164. The smallest absolute Gasteiger partial charge is 0.335 e. The van der Waals surface area contributed by atoms with Crippen molar-refractivity contribution in [2.45, 2.75) is 131 Å². The van der Waals surface area contributed by atoms with E-state index in [9.17, 15) is 105 Å². The van der Waals surface area contributed by atoms with Gasteiger partial charge in [-0.3, -0.25) is 38.6 Å². The van der Waals surface area contributed by atoms with Gasteiger partial charge in [-0.15, -0.1) is 0 Å². The number of aliphatic hydroxyl groups is 15. The lowest BCUT2D eigenvalue weighted by molar-refractivity contribution is -0.271. The van der Waals surface area contributed by atoms with E-state index in [2.05, 4.69) is 26.6 Å². The molecule has 6 amide bonds. The minimum absolute atomic E-state index is 0.000633. The zero-order valence-electron chi connectivity index (χ0n) is 63.2. The highest BCUT2D eigenvalue weighted by Crippen LogP contribution is 2.32. The van der Waals surface area contributed by atoms with Crippen LogP contribution in [-0.2, 0) is 102 Å². The van der Waals surface area contributed by atoms with Crippen molar-refractivity contribution < 1.29 is 182 Å². The average Bonchev–Trinajstić information content (AvgIpc) is 1.77. The molecule has 2 unspecified atom stereocenters. The van der Waals surface area contributed by atoms with Gasteiger partial charge in [-0.1, -0.05) is 12.5 Å². The minimum Gasteiger partial charge on any atom is -0.479 e. The fraction of sp³-hybridized carbons (Fsp3) is 0.783. The summed E-state index contributed by atoms with van der Waals surface area (Å²) in [5.41, 5.74) is 0.114. The summed E-state index contributed by atoms with van der Waals surface area (Å²) >= 11 is 0. The van der Waals surface area contributed by atoms with Crippen molar-refractivity contribution >= 4 is 47.1 Å². The van der Waals surface area contributed by atoms with Gasteiger partial charge in [-0.2, -0.15) is 0 Å². The topological polar surface area (TPSA) is 639 Å². The van der Waals surface area contributed by atoms with Gasteiger partial charge < -0.3 is 175 Å². The maximum atomic E-state index is 13.2. The van der Waals surface area contributed by atoms with Crippen LogP contribution in [0.2, 0.25) is 0 Å². The Balaban J connectivity index is 1.18. The maximum Gasteiger partial charge on any atom is 0.335 e. The second kappa shape index (κ2) is 61.3. The van der Waals surface area contributed by atoms with Gasteiger partial charge in [0.15, 0.2) is 6.10 Å². The Kier molecular flexibility index (Phi) is 54.8. The number of anilines is 1. The van der Waals surface area contributed by atoms with Crippen LogP contribution in [0.4, 0.5) is 5.69 Å². The summed E-state index contributed by atoms with van der Waals surface area (Å²) in [4.78, 5) is 88.8. The number of aliphatic hydroxyl groups excluding tert-OH is 15. The van der Waals surface area contributed by atoms with Crippen molar-refractivity contribution in [1.82, 2.24) is 31.1 Å². The molecule has 1 aromatic rings. The summed E-state index contributed by atoms with van der Waals surface area (Å²) < 4.78 is 77.0. The Morgan fingerprint density at radius 2 is 0.876 bits per heavy atom. The molecule has 0 aliphatic carbocycles. The molecule has 113 heavy (non-hydrogen) atoms. The van der Waals surface area contributed by atoms with Crippen LogP contribution < -0.4 is 31.3 Å². The molecular formula is C69H119N7O37. The van der Waals surface area contributed by atoms with E-state index in [4.69, 9.17) is 76.5 Å². The first-order valence-corrected chi connectivity index (χ1v) is 37.1. The molecule has 0 spiro atoms. The zero-order valence-corrected chi connectivity index (χ0v) is 63.2. The largest absolute Gasteiger partial charge is 0.479 e. The Morgan fingerprint density at radius 3 is 1.31 bits per heavy atom. The van der Waals surface area contributed by atoms with Gasteiger partial charge in [-0.05, 0) is 30.5 Å². The van der Waals surface area contributed by atoms with Crippen LogP contribution >= 0.6 is 0 Å². The number of carbonyl (C=O) groups excluding carboxylic acids is 6. The van der Waals surface area contributed by atoms with E-state index >= 15 is 0 Å². The number of benzene rings is 1. The fourth-order valence-corrected chi connectivity index (χ4v) is 10.1. The van der Waals surface area contributed by atoms with Crippen LogP contribution in [-0.4, -0.2) is 442 Å². The van der Waals surface area contributed by atoms with Crippen LogP contribution in [0, 0.1) is 0 Å². The monoisotopic (exact) mass is 1640 g/mol. The van der Waals surface area contributed by atoms with Crippen LogP contribution in [0.5, 0.6) is 5.75 Å². The first kappa shape index (κ1) is 101. The fourth-order valence-electron chi connectivity index (χ4n) is 10.1. The zero-order chi connectivity index (χ0) is 83.1. The molecule has 0 aromatic heterocycles. The Morgan fingerprint density at radius 1 is 0.469 bits per heavy atom. The molecule has 0 radical (unpaired) electrons. The van der Waals surface area contributed by atoms with E-state index in [1.165, 1.54) is 35.3 Å². The van der Waals surface area contributed by atoms with Crippen LogP contribution in [0.3, 0.4) is 0 Å². The van der Waals surface area contributed by atoms with Crippen LogP contribution in [0.15, 0.2) is 30.4 Å². The van der Waals surface area contributed by atoms with E-state index in [-0.39, 0.29) is 109 Å². The number of nitrogens with one attached hydrogen (secondary N) is 5. The van der Waals surface area contributed by atoms with Gasteiger partial charge in [0.1, 0.15) is 66.9 Å². The third-order valence-electron chi connectivity index (χ3n) is 16.6. The second-order valence-corrected chi connectivity index (χ2v) is 25.4. The first-order valence-electron chi connectivity index (χ1n) is 37.1. The maximum absolute atomic E-state index is 13.2. The van der Waals surface area contributed by atoms with Crippen molar-refractivity contribution in [3.63, 3.8) is 0 Å². The molecule has 44 heteroatoms. The van der Waals surface area contributed by atoms with Crippen molar-refractivity contribution in [3.05, 3.63) is 35.9 Å². The van der Waals surface area contributed by atoms with E-state index in [0.29, 0.717) is 112 Å². The molecule has 2 aliphatic heterocycles. The van der Waals surface area contributed by atoms with Gasteiger partial charge in [0.25, 0.3) is 11.8 Å². The minimum atomic E-state index is -2.03. The molecular weight excluding hydrogens is 1520 g/mol. The van der Waals surface area contributed by atoms with E-state index in [0.717, 1.165) is 4.90 Å². The Bertz CT molecular complexity index is 2750. The molecule has 0 bridgehead atoms. The third kappa shape index (κ3) is 43.6. The number of amides is 6. The average molecular weight is 1640 g/mol. The number of ether oxygens (including phenoxy) is 14. The summed E-state index contributed by atoms with van der Waals surface area (Å²) in [6.45, 7) is 1.94. The molecule has 21 N–H and O–H groups in total. The second-order valence-electron chi connectivity index (χ2n) is 25.4.